The van der Waals surface area contributed by atoms with Gasteiger partial charge in [-0.25, -0.2) is 9.78 Å². The molecule has 37 heavy (non-hydrogen) atoms. The molecule has 1 aliphatic rings. The fourth-order valence-electron chi connectivity index (χ4n) is 4.21. The number of carbonyl (C=O) groups excluding carboxylic acids is 1. The number of amides is 2. The van der Waals surface area contributed by atoms with Gasteiger partial charge in [0, 0.05) is 37.6 Å². The second-order valence-corrected chi connectivity index (χ2v) is 8.78. The monoisotopic (exact) mass is 505 g/mol. The summed E-state index contributed by atoms with van der Waals surface area (Å²) in [7, 11) is 1.58. The highest BCUT2D eigenvalue weighted by Gasteiger charge is 2.14. The highest BCUT2D eigenvalue weighted by Crippen LogP contribution is 2.30. The minimum absolute atomic E-state index is 0.0757. The van der Waals surface area contributed by atoms with Gasteiger partial charge >= 0.3 is 6.03 Å². The van der Waals surface area contributed by atoms with Crippen molar-refractivity contribution in [2.75, 3.05) is 57.1 Å². The van der Waals surface area contributed by atoms with E-state index in [0.717, 1.165) is 56.8 Å². The molecular weight excluding hydrogens is 470 g/mol. The number of nitrogens with zero attached hydrogens (tertiary/aromatic N) is 4. The van der Waals surface area contributed by atoms with E-state index in [1.165, 1.54) is 0 Å². The number of carbonyl (C=O) groups is 1. The maximum atomic E-state index is 12.4. The Morgan fingerprint density at radius 2 is 2.03 bits per heavy atom. The van der Waals surface area contributed by atoms with Crippen LogP contribution in [0, 0.1) is 0 Å². The second-order valence-electron chi connectivity index (χ2n) is 8.78. The summed E-state index contributed by atoms with van der Waals surface area (Å²) in [6, 6.07) is 9.33. The zero-order valence-electron chi connectivity index (χ0n) is 21.4. The van der Waals surface area contributed by atoms with E-state index in [-0.39, 0.29) is 12.1 Å². The fraction of sp³-hybridized carbons (Fsp3) is 0.407. The molecular formula is C27H35N7O3. The molecule has 1 fully saturated rings. The van der Waals surface area contributed by atoms with Crippen molar-refractivity contribution >= 4 is 17.5 Å². The molecule has 2 amide bonds. The van der Waals surface area contributed by atoms with Crippen molar-refractivity contribution in [2.24, 2.45) is 0 Å². The van der Waals surface area contributed by atoms with Gasteiger partial charge in [-0.3, -0.25) is 14.9 Å². The average molecular weight is 506 g/mol. The number of rotatable bonds is 11. The Morgan fingerprint density at radius 1 is 1.16 bits per heavy atom. The van der Waals surface area contributed by atoms with Crippen molar-refractivity contribution in [1.82, 2.24) is 25.2 Å². The topological polar surface area (TPSA) is 114 Å². The van der Waals surface area contributed by atoms with Gasteiger partial charge in [-0.15, -0.1) is 0 Å². The van der Waals surface area contributed by atoms with Gasteiger partial charge in [0.05, 0.1) is 50.1 Å². The van der Waals surface area contributed by atoms with Crippen LogP contribution >= 0.6 is 0 Å². The van der Waals surface area contributed by atoms with E-state index in [2.05, 4.69) is 37.7 Å². The van der Waals surface area contributed by atoms with Crippen LogP contribution in [0.4, 0.5) is 16.3 Å². The van der Waals surface area contributed by atoms with Crippen molar-refractivity contribution in [3.05, 3.63) is 60.7 Å². The fourth-order valence-corrected chi connectivity index (χ4v) is 4.21. The molecule has 3 aromatic rings. The molecule has 0 aliphatic carbocycles. The molecule has 1 aliphatic heterocycles. The number of benzene rings is 1. The summed E-state index contributed by atoms with van der Waals surface area (Å²) in [6.45, 7) is 7.10. The molecule has 3 N–H and O–H groups in total. The smallest absolute Gasteiger partial charge is 0.319 e. The van der Waals surface area contributed by atoms with Crippen LogP contribution in [0.15, 0.2) is 55.1 Å². The van der Waals surface area contributed by atoms with Crippen molar-refractivity contribution in [3.8, 4) is 17.0 Å². The number of hydrogen-bond acceptors (Lipinski definition) is 8. The van der Waals surface area contributed by atoms with E-state index in [1.54, 1.807) is 25.7 Å². The lowest BCUT2D eigenvalue weighted by Gasteiger charge is -2.26. The Kier molecular flexibility index (Phi) is 9.61. The third kappa shape index (κ3) is 7.61. The van der Waals surface area contributed by atoms with Crippen LogP contribution in [-0.4, -0.2) is 72.4 Å². The number of pyridine rings is 1. The number of methoxy groups -OCH3 is 1. The zero-order valence-corrected chi connectivity index (χ0v) is 21.4. The third-order valence-electron chi connectivity index (χ3n) is 6.24. The highest BCUT2D eigenvalue weighted by molar-refractivity contribution is 5.91. The lowest BCUT2D eigenvalue weighted by molar-refractivity contribution is 0.0375. The van der Waals surface area contributed by atoms with Gasteiger partial charge in [-0.2, -0.15) is 0 Å². The lowest BCUT2D eigenvalue weighted by Crippen LogP contribution is -2.38. The van der Waals surface area contributed by atoms with Gasteiger partial charge in [0.25, 0.3) is 0 Å². The largest absolute Gasteiger partial charge is 0.495 e. The van der Waals surface area contributed by atoms with Crippen molar-refractivity contribution in [3.63, 3.8) is 0 Å². The first-order chi connectivity index (χ1) is 18.2. The molecule has 2 aromatic heterocycles. The molecule has 0 radical (unpaired) electrons. The number of ether oxygens (including phenoxy) is 2. The number of nitrogens with one attached hydrogen (secondary N) is 3. The summed E-state index contributed by atoms with van der Waals surface area (Å²) in [5.74, 6) is 1.22. The van der Waals surface area contributed by atoms with Gasteiger partial charge < -0.3 is 25.4 Å². The Balaban J connectivity index is 1.35. The van der Waals surface area contributed by atoms with Crippen molar-refractivity contribution < 1.29 is 14.3 Å². The van der Waals surface area contributed by atoms with Crippen LogP contribution < -0.4 is 20.7 Å². The Hall–Kier alpha value is -3.76. The predicted molar refractivity (Wildman–Crippen MR) is 144 cm³/mol. The summed E-state index contributed by atoms with van der Waals surface area (Å²) >= 11 is 0. The normalized spacial score (nSPS) is 14.5. The molecule has 4 rings (SSSR count). The Bertz CT molecular complexity index is 1140. The molecule has 3 heterocycles. The van der Waals surface area contributed by atoms with Crippen molar-refractivity contribution in [1.29, 1.82) is 0 Å². The van der Waals surface area contributed by atoms with E-state index >= 15 is 0 Å². The molecule has 0 spiro atoms. The SMILES string of the molecule is CCC(Nc1cncc(-c2ccc(NC(=O)NCCCN3CCOCC3)c(OC)c2)n1)c1cccnc1. The molecule has 0 saturated carbocycles. The zero-order chi connectivity index (χ0) is 25.9. The van der Waals surface area contributed by atoms with Crippen LogP contribution in [0.25, 0.3) is 11.3 Å². The summed E-state index contributed by atoms with van der Waals surface area (Å²) in [6.07, 6.45) is 8.79. The van der Waals surface area contributed by atoms with E-state index < -0.39 is 0 Å². The predicted octanol–water partition coefficient (Wildman–Crippen LogP) is 3.95. The van der Waals surface area contributed by atoms with Gasteiger partial charge in [0.1, 0.15) is 11.6 Å². The first-order valence-corrected chi connectivity index (χ1v) is 12.7. The number of anilines is 2. The minimum atomic E-state index is -0.264. The first-order valence-electron chi connectivity index (χ1n) is 12.7. The third-order valence-corrected chi connectivity index (χ3v) is 6.24. The molecule has 196 valence electrons. The van der Waals surface area contributed by atoms with Crippen molar-refractivity contribution in [2.45, 2.75) is 25.8 Å². The number of aromatic nitrogens is 3. The summed E-state index contributed by atoms with van der Waals surface area (Å²) in [4.78, 5) is 28.1. The van der Waals surface area contributed by atoms with E-state index in [9.17, 15) is 4.79 Å². The van der Waals surface area contributed by atoms with Gasteiger partial charge in [0.2, 0.25) is 0 Å². The molecule has 1 atom stereocenters. The van der Waals surface area contributed by atoms with Crippen LogP contribution in [0.3, 0.4) is 0 Å². The molecule has 10 heteroatoms. The summed E-state index contributed by atoms with van der Waals surface area (Å²) < 4.78 is 10.9. The standard InChI is InChI=1S/C27H35N7O3/c1-3-22(21-6-4-9-28-17-21)31-26-19-29-18-24(32-26)20-7-8-23(25(16-20)36-2)33-27(35)30-10-5-11-34-12-14-37-15-13-34/h4,6-9,16-19,22H,3,5,10-15H2,1-2H3,(H,31,32)(H2,30,33,35). The van der Waals surface area contributed by atoms with Gasteiger partial charge in [-0.05, 0) is 43.1 Å². The molecule has 10 nitrogen and oxygen atoms in total. The van der Waals surface area contributed by atoms with E-state index in [4.69, 9.17) is 14.5 Å². The van der Waals surface area contributed by atoms with Gasteiger partial charge in [-0.1, -0.05) is 19.1 Å². The molecule has 0 bridgehead atoms. The maximum Gasteiger partial charge on any atom is 0.319 e. The summed E-state index contributed by atoms with van der Waals surface area (Å²) in [5, 5.41) is 9.24. The Morgan fingerprint density at radius 3 is 2.78 bits per heavy atom. The highest BCUT2D eigenvalue weighted by atomic mass is 16.5. The maximum absolute atomic E-state index is 12.4. The quantitative estimate of drug-likeness (QED) is 0.336. The second kappa shape index (κ2) is 13.5. The van der Waals surface area contributed by atoms with Gasteiger partial charge in [0.15, 0.2) is 0 Å². The van der Waals surface area contributed by atoms with Crippen LogP contribution in [-0.2, 0) is 4.74 Å². The number of morpholine rings is 1. The van der Waals surface area contributed by atoms with E-state index in [1.807, 2.05) is 36.5 Å². The number of urea groups is 1. The summed E-state index contributed by atoms with van der Waals surface area (Å²) in [5.41, 5.74) is 3.21. The molecule has 1 aromatic carbocycles. The minimum Gasteiger partial charge on any atom is -0.495 e. The molecule has 1 unspecified atom stereocenters. The Labute approximate surface area is 217 Å². The van der Waals surface area contributed by atoms with E-state index in [0.29, 0.717) is 29.5 Å². The average Bonchev–Trinajstić information content (AvgIpc) is 2.95. The molecule has 1 saturated heterocycles. The lowest BCUT2D eigenvalue weighted by atomic mass is 10.1. The van der Waals surface area contributed by atoms with Crippen LogP contribution in [0.1, 0.15) is 31.4 Å². The van der Waals surface area contributed by atoms with Crippen LogP contribution in [0.5, 0.6) is 5.75 Å². The number of hydrogen-bond donors (Lipinski definition) is 3. The first kappa shape index (κ1) is 26.3. The van der Waals surface area contributed by atoms with Crippen LogP contribution in [0.2, 0.25) is 0 Å².